The molecule has 1 amide bonds. The molecule has 4 rings (SSSR count). The summed E-state index contributed by atoms with van der Waals surface area (Å²) in [4.78, 5) is 26.0. The molecule has 0 radical (unpaired) electrons. The molecule has 1 aliphatic rings. The van der Waals surface area contributed by atoms with E-state index in [1.165, 1.54) is 20.3 Å². The van der Waals surface area contributed by atoms with Gasteiger partial charge in [-0.1, -0.05) is 43.6 Å². The summed E-state index contributed by atoms with van der Waals surface area (Å²) in [6.45, 7) is 9.26. The Kier molecular flexibility index (Phi) is 10.2. The summed E-state index contributed by atoms with van der Waals surface area (Å²) in [5, 5.41) is 11.4. The van der Waals surface area contributed by atoms with Crippen molar-refractivity contribution < 1.29 is 19.0 Å². The number of rotatable bonds is 12. The van der Waals surface area contributed by atoms with Crippen molar-refractivity contribution in [3.63, 3.8) is 0 Å². The number of nitrogens with zero attached hydrogens (tertiary/aromatic N) is 3. The van der Waals surface area contributed by atoms with Crippen LogP contribution in [0.25, 0.3) is 22.2 Å². The third kappa shape index (κ3) is 6.83. The quantitative estimate of drug-likeness (QED) is 0.191. The van der Waals surface area contributed by atoms with Gasteiger partial charge >= 0.3 is 0 Å². The largest absolute Gasteiger partial charge is 0.495 e. The lowest BCUT2D eigenvalue weighted by Crippen LogP contribution is -2.45. The molecular weight excluding hydrogens is 575 g/mol. The van der Waals surface area contributed by atoms with Crippen LogP contribution in [0.15, 0.2) is 31.0 Å². The van der Waals surface area contributed by atoms with Gasteiger partial charge in [-0.25, -0.2) is 15.0 Å². The van der Waals surface area contributed by atoms with Crippen LogP contribution in [0.4, 0.5) is 11.8 Å². The molecule has 13 heteroatoms. The maximum absolute atomic E-state index is 11.8. The zero-order valence-corrected chi connectivity index (χ0v) is 25.0. The maximum atomic E-state index is 11.8. The molecule has 214 valence electrons. The van der Waals surface area contributed by atoms with Gasteiger partial charge in [0.05, 0.1) is 55.3 Å². The van der Waals surface area contributed by atoms with Crippen LogP contribution in [0.5, 0.6) is 11.5 Å². The molecule has 40 heavy (non-hydrogen) atoms. The maximum Gasteiger partial charge on any atom is 0.243 e. The normalized spacial score (nSPS) is 16.7. The molecule has 10 nitrogen and oxygen atoms in total. The van der Waals surface area contributed by atoms with Crippen LogP contribution in [0.1, 0.15) is 13.8 Å². The summed E-state index contributed by atoms with van der Waals surface area (Å²) in [6.07, 6.45) is 2.94. The number of anilines is 2. The second-order valence-corrected chi connectivity index (χ2v) is 11.7. The van der Waals surface area contributed by atoms with E-state index in [1.807, 2.05) is 17.8 Å². The van der Waals surface area contributed by atoms with E-state index in [2.05, 4.69) is 41.4 Å². The van der Waals surface area contributed by atoms with Crippen molar-refractivity contribution >= 4 is 63.5 Å². The number of carbonyl (C=O) groups is 1. The van der Waals surface area contributed by atoms with Gasteiger partial charge < -0.3 is 30.2 Å². The van der Waals surface area contributed by atoms with Crippen molar-refractivity contribution in [3.8, 4) is 22.8 Å². The number of pyridine rings is 1. The van der Waals surface area contributed by atoms with E-state index in [0.29, 0.717) is 75.1 Å². The highest BCUT2D eigenvalue weighted by atomic mass is 35.5. The summed E-state index contributed by atoms with van der Waals surface area (Å²) in [5.74, 6) is 2.37. The van der Waals surface area contributed by atoms with Gasteiger partial charge in [-0.05, 0) is 17.4 Å². The van der Waals surface area contributed by atoms with Gasteiger partial charge in [0.25, 0.3) is 0 Å². The molecule has 0 bridgehead atoms. The Hall–Kier alpha value is -2.99. The Morgan fingerprint density at radius 2 is 1.88 bits per heavy atom. The zero-order chi connectivity index (χ0) is 28.8. The molecule has 3 heterocycles. The smallest absolute Gasteiger partial charge is 0.243 e. The number of benzene rings is 1. The number of methoxy groups -OCH3 is 2. The predicted molar refractivity (Wildman–Crippen MR) is 162 cm³/mol. The number of hydrogen-bond acceptors (Lipinski definition) is 10. The first-order valence-corrected chi connectivity index (χ1v) is 14.5. The van der Waals surface area contributed by atoms with Crippen LogP contribution in [-0.4, -0.2) is 77.9 Å². The number of hydrogen-bond donors (Lipinski definition) is 3. The minimum Gasteiger partial charge on any atom is -0.495 e. The van der Waals surface area contributed by atoms with Crippen molar-refractivity contribution in [1.29, 1.82) is 0 Å². The number of aromatic nitrogens is 3. The highest BCUT2D eigenvalue weighted by Gasteiger charge is 2.30. The highest BCUT2D eigenvalue weighted by molar-refractivity contribution is 7.99. The Morgan fingerprint density at radius 1 is 1.18 bits per heavy atom. The van der Waals surface area contributed by atoms with E-state index in [-0.39, 0.29) is 18.0 Å². The summed E-state index contributed by atoms with van der Waals surface area (Å²) in [6, 6.07) is 3.00. The van der Waals surface area contributed by atoms with Gasteiger partial charge in [0.2, 0.25) is 11.9 Å². The van der Waals surface area contributed by atoms with Crippen LogP contribution in [-0.2, 0) is 9.53 Å². The molecule has 1 saturated heterocycles. The standard InChI is InChI=1S/C27H32Cl2N6O4S/c1-6-21(36)32-17-12-39-13-18(17)34-27-31-11-15-9-16(22-23(28)19(37-4)10-20(38-5)24(22)29)33-26(25(15)35-27)30-7-8-40-14(2)3/h6,9-11,14,17-18H,1,7-8,12-13H2,2-5H3,(H,30,33)(H,32,36)(H,31,34,35)/t17-,18+/m0/s1. The van der Waals surface area contributed by atoms with Crippen LogP contribution in [0.2, 0.25) is 10.0 Å². The lowest BCUT2D eigenvalue weighted by atomic mass is 10.1. The van der Waals surface area contributed by atoms with Gasteiger partial charge in [0, 0.05) is 35.5 Å². The van der Waals surface area contributed by atoms with Crippen molar-refractivity contribution in [2.75, 3.05) is 50.4 Å². The molecular formula is C27H32Cl2N6O4S. The van der Waals surface area contributed by atoms with Gasteiger partial charge in [0.15, 0.2) is 5.82 Å². The lowest BCUT2D eigenvalue weighted by molar-refractivity contribution is -0.117. The molecule has 2 aromatic heterocycles. The average Bonchev–Trinajstić information content (AvgIpc) is 3.37. The fourth-order valence-electron chi connectivity index (χ4n) is 4.18. The minimum absolute atomic E-state index is 0.214. The van der Waals surface area contributed by atoms with Gasteiger partial charge in [-0.3, -0.25) is 4.79 Å². The Labute approximate surface area is 247 Å². The fourth-order valence-corrected chi connectivity index (χ4v) is 5.57. The molecule has 0 spiro atoms. The van der Waals surface area contributed by atoms with Crippen LogP contribution in [0, 0.1) is 0 Å². The lowest BCUT2D eigenvalue weighted by Gasteiger charge is -2.20. The summed E-state index contributed by atoms with van der Waals surface area (Å²) in [5.41, 5.74) is 1.61. The third-order valence-electron chi connectivity index (χ3n) is 6.15. The predicted octanol–water partition coefficient (Wildman–Crippen LogP) is 5.05. The number of fused-ring (bicyclic) bond motifs is 1. The fraction of sp³-hybridized carbons (Fsp3) is 0.407. The van der Waals surface area contributed by atoms with E-state index >= 15 is 0 Å². The van der Waals surface area contributed by atoms with Crippen LogP contribution >= 0.6 is 35.0 Å². The van der Waals surface area contributed by atoms with Crippen molar-refractivity contribution in [1.82, 2.24) is 20.3 Å². The van der Waals surface area contributed by atoms with E-state index in [4.69, 9.17) is 47.4 Å². The van der Waals surface area contributed by atoms with Crippen molar-refractivity contribution in [2.45, 2.75) is 31.2 Å². The Morgan fingerprint density at radius 3 is 2.52 bits per heavy atom. The molecule has 1 aliphatic heterocycles. The summed E-state index contributed by atoms with van der Waals surface area (Å²) >= 11 is 15.2. The molecule has 0 aliphatic carbocycles. The zero-order valence-electron chi connectivity index (χ0n) is 22.7. The molecule has 0 saturated carbocycles. The number of nitrogens with one attached hydrogen (secondary N) is 3. The van der Waals surface area contributed by atoms with Crippen molar-refractivity contribution in [2.24, 2.45) is 0 Å². The second kappa shape index (κ2) is 13.6. The first-order valence-electron chi connectivity index (χ1n) is 12.7. The number of ether oxygens (including phenoxy) is 3. The second-order valence-electron chi connectivity index (χ2n) is 9.23. The van der Waals surface area contributed by atoms with Crippen molar-refractivity contribution in [3.05, 3.63) is 41.0 Å². The molecule has 3 N–H and O–H groups in total. The monoisotopic (exact) mass is 606 g/mol. The first kappa shape index (κ1) is 30.0. The topological polar surface area (TPSA) is 120 Å². The molecule has 1 fully saturated rings. The average molecular weight is 608 g/mol. The third-order valence-corrected chi connectivity index (χ3v) is 8.01. The minimum atomic E-state index is -0.268. The molecule has 0 unspecified atom stereocenters. The molecule has 3 aromatic rings. The number of halogens is 2. The van der Waals surface area contributed by atoms with E-state index in [0.717, 1.165) is 11.1 Å². The molecule has 1 aromatic carbocycles. The van der Waals surface area contributed by atoms with Gasteiger partial charge in [-0.2, -0.15) is 11.8 Å². The highest BCUT2D eigenvalue weighted by Crippen LogP contribution is 2.46. The SMILES string of the molecule is C=CC(=O)N[C@H]1COC[C@H]1Nc1ncc2cc(-c3c(Cl)c(OC)cc(OC)c3Cl)nc(NCCSC(C)C)c2n1. The Balaban J connectivity index is 1.74. The number of amides is 1. The van der Waals surface area contributed by atoms with E-state index in [9.17, 15) is 4.79 Å². The summed E-state index contributed by atoms with van der Waals surface area (Å²) in [7, 11) is 3.05. The van der Waals surface area contributed by atoms with Crippen LogP contribution < -0.4 is 25.4 Å². The summed E-state index contributed by atoms with van der Waals surface area (Å²) < 4.78 is 16.5. The van der Waals surface area contributed by atoms with Crippen LogP contribution in [0.3, 0.4) is 0 Å². The van der Waals surface area contributed by atoms with E-state index in [1.54, 1.807) is 12.3 Å². The number of thioether (sulfide) groups is 1. The Bertz CT molecular complexity index is 1360. The first-order chi connectivity index (χ1) is 19.2. The van der Waals surface area contributed by atoms with E-state index < -0.39 is 0 Å². The number of carbonyl (C=O) groups excluding carboxylic acids is 1. The molecule has 2 atom stereocenters. The van der Waals surface area contributed by atoms with Gasteiger partial charge in [-0.15, -0.1) is 0 Å². The van der Waals surface area contributed by atoms with Gasteiger partial charge in [0.1, 0.15) is 17.0 Å².